The number of aryl methyl sites for hydroxylation is 1. The summed E-state index contributed by atoms with van der Waals surface area (Å²) in [7, 11) is -3.64. The summed E-state index contributed by atoms with van der Waals surface area (Å²) >= 11 is 1.55. The van der Waals surface area contributed by atoms with Gasteiger partial charge < -0.3 is 0 Å². The predicted molar refractivity (Wildman–Crippen MR) is 79.9 cm³/mol. The highest BCUT2D eigenvalue weighted by atomic mass is 32.2. The minimum absolute atomic E-state index is 0.105. The molecule has 2 rings (SSSR count). The van der Waals surface area contributed by atoms with E-state index in [1.165, 1.54) is 25.0 Å². The van der Waals surface area contributed by atoms with Gasteiger partial charge in [-0.15, -0.1) is 10.2 Å². The molecule has 0 saturated heterocycles. The van der Waals surface area contributed by atoms with E-state index in [-0.39, 0.29) is 4.90 Å². The van der Waals surface area contributed by atoms with Gasteiger partial charge in [0, 0.05) is 12.0 Å². The quantitative estimate of drug-likeness (QED) is 0.831. The second-order valence-corrected chi connectivity index (χ2v) is 7.15. The number of rotatable bonds is 6. The lowest BCUT2D eigenvalue weighted by molar-refractivity contribution is 0.598. The van der Waals surface area contributed by atoms with Gasteiger partial charge in [-0.25, -0.2) is 13.6 Å². The van der Waals surface area contributed by atoms with Crippen LogP contribution >= 0.6 is 11.3 Å². The maximum Gasteiger partial charge on any atom is 0.238 e. The lowest BCUT2D eigenvalue weighted by atomic mass is 10.2. The van der Waals surface area contributed by atoms with E-state index < -0.39 is 10.0 Å². The number of primary sulfonamides is 1. The van der Waals surface area contributed by atoms with Gasteiger partial charge in [0.15, 0.2) is 0 Å². The molecule has 0 fully saturated rings. The summed E-state index contributed by atoms with van der Waals surface area (Å²) in [6, 6.07) is 6.39. The molecule has 5 nitrogen and oxygen atoms in total. The van der Waals surface area contributed by atoms with Crippen LogP contribution in [0.15, 0.2) is 29.2 Å². The molecule has 0 radical (unpaired) electrons. The fraction of sp³-hybridized carbons (Fsp3) is 0.385. The summed E-state index contributed by atoms with van der Waals surface area (Å²) in [5, 5.41) is 15.2. The maximum atomic E-state index is 11.2. The summed E-state index contributed by atoms with van der Waals surface area (Å²) in [5.74, 6) is 0. The van der Waals surface area contributed by atoms with Gasteiger partial charge in [0.05, 0.1) is 4.90 Å². The summed E-state index contributed by atoms with van der Waals surface area (Å²) in [6.45, 7) is 2.17. The average molecular weight is 311 g/mol. The Morgan fingerprint density at radius 1 is 1.15 bits per heavy atom. The molecule has 20 heavy (non-hydrogen) atoms. The van der Waals surface area contributed by atoms with Gasteiger partial charge in [0.25, 0.3) is 0 Å². The first kappa shape index (κ1) is 15.1. The standard InChI is InChI=1S/C13H17N3O2S2/c1-2-3-4-5-12-15-16-13(19-12)10-6-8-11(9-7-10)20(14,17)18/h6-9H,2-5H2,1H3,(H2,14,17,18). The SMILES string of the molecule is CCCCCc1nnc(-c2ccc(S(N)(=O)=O)cc2)s1. The third kappa shape index (κ3) is 3.84. The molecule has 0 atom stereocenters. The van der Waals surface area contributed by atoms with Crippen molar-refractivity contribution < 1.29 is 8.42 Å². The molecule has 2 aromatic rings. The average Bonchev–Trinajstić information content (AvgIpc) is 2.87. The highest BCUT2D eigenvalue weighted by Gasteiger charge is 2.10. The van der Waals surface area contributed by atoms with Crippen LogP contribution in [-0.4, -0.2) is 18.6 Å². The Labute approximate surface area is 122 Å². The Hall–Kier alpha value is -1.31. The van der Waals surface area contributed by atoms with E-state index >= 15 is 0 Å². The number of nitrogens with two attached hydrogens (primary N) is 1. The first-order valence-electron chi connectivity index (χ1n) is 6.46. The van der Waals surface area contributed by atoms with E-state index in [4.69, 9.17) is 5.14 Å². The summed E-state index contributed by atoms with van der Waals surface area (Å²) in [5.41, 5.74) is 0.858. The second-order valence-electron chi connectivity index (χ2n) is 4.53. The third-order valence-electron chi connectivity index (χ3n) is 2.89. The van der Waals surface area contributed by atoms with Crippen molar-refractivity contribution in [1.82, 2.24) is 10.2 Å². The largest absolute Gasteiger partial charge is 0.238 e. The van der Waals surface area contributed by atoms with Crippen molar-refractivity contribution in [3.63, 3.8) is 0 Å². The molecule has 0 bridgehead atoms. The normalized spacial score (nSPS) is 11.7. The lowest BCUT2D eigenvalue weighted by Gasteiger charge is -1.99. The Balaban J connectivity index is 2.12. The molecule has 108 valence electrons. The zero-order chi connectivity index (χ0) is 14.6. The van der Waals surface area contributed by atoms with Gasteiger partial charge in [-0.05, 0) is 18.6 Å². The number of aromatic nitrogens is 2. The van der Waals surface area contributed by atoms with Crippen molar-refractivity contribution in [3.8, 4) is 10.6 Å². The van der Waals surface area contributed by atoms with Crippen molar-refractivity contribution in [3.05, 3.63) is 29.3 Å². The van der Waals surface area contributed by atoms with Gasteiger partial charge in [-0.3, -0.25) is 0 Å². The molecular formula is C13H17N3O2S2. The number of nitrogens with zero attached hydrogens (tertiary/aromatic N) is 2. The van der Waals surface area contributed by atoms with E-state index in [0.717, 1.165) is 28.4 Å². The summed E-state index contributed by atoms with van der Waals surface area (Å²) < 4.78 is 22.4. The molecule has 0 aliphatic carbocycles. The second kappa shape index (κ2) is 6.43. The maximum absolute atomic E-state index is 11.2. The Bertz CT molecular complexity index is 663. The Morgan fingerprint density at radius 3 is 2.45 bits per heavy atom. The molecular weight excluding hydrogens is 294 g/mol. The van der Waals surface area contributed by atoms with Crippen LogP contribution in [0.5, 0.6) is 0 Å². The molecule has 0 unspecified atom stereocenters. The Kier molecular flexibility index (Phi) is 4.85. The van der Waals surface area contributed by atoms with E-state index in [9.17, 15) is 8.42 Å². The van der Waals surface area contributed by atoms with Crippen LogP contribution in [0.2, 0.25) is 0 Å². The van der Waals surface area contributed by atoms with Gasteiger partial charge in [0.2, 0.25) is 10.0 Å². The number of hydrogen-bond donors (Lipinski definition) is 1. The predicted octanol–water partition coefficient (Wildman–Crippen LogP) is 2.59. The van der Waals surface area contributed by atoms with E-state index in [2.05, 4.69) is 17.1 Å². The first-order chi connectivity index (χ1) is 9.50. The third-order valence-corrected chi connectivity index (χ3v) is 4.85. The number of hydrogen-bond acceptors (Lipinski definition) is 5. The van der Waals surface area contributed by atoms with Crippen molar-refractivity contribution in [2.75, 3.05) is 0 Å². The van der Waals surface area contributed by atoms with E-state index in [1.807, 2.05) is 0 Å². The number of unbranched alkanes of at least 4 members (excludes halogenated alkanes) is 2. The van der Waals surface area contributed by atoms with Crippen molar-refractivity contribution in [1.29, 1.82) is 0 Å². The molecule has 0 saturated carbocycles. The van der Waals surface area contributed by atoms with Crippen LogP contribution in [-0.2, 0) is 16.4 Å². The van der Waals surface area contributed by atoms with Crippen LogP contribution in [0.4, 0.5) is 0 Å². The van der Waals surface area contributed by atoms with Crippen molar-refractivity contribution in [2.45, 2.75) is 37.5 Å². The Morgan fingerprint density at radius 2 is 1.85 bits per heavy atom. The van der Waals surface area contributed by atoms with Gasteiger partial charge >= 0.3 is 0 Å². The van der Waals surface area contributed by atoms with Crippen LogP contribution in [0.25, 0.3) is 10.6 Å². The molecule has 1 aromatic carbocycles. The fourth-order valence-electron chi connectivity index (χ4n) is 1.78. The topological polar surface area (TPSA) is 85.9 Å². The van der Waals surface area contributed by atoms with Gasteiger partial charge in [0.1, 0.15) is 10.0 Å². The molecule has 2 N–H and O–H groups in total. The first-order valence-corrected chi connectivity index (χ1v) is 8.82. The highest BCUT2D eigenvalue weighted by Crippen LogP contribution is 2.25. The molecule has 7 heteroatoms. The number of sulfonamides is 1. The number of benzene rings is 1. The lowest BCUT2D eigenvalue weighted by Crippen LogP contribution is -2.11. The summed E-state index contributed by atoms with van der Waals surface area (Å²) in [4.78, 5) is 0.105. The monoisotopic (exact) mass is 311 g/mol. The molecule has 0 aliphatic heterocycles. The fourth-order valence-corrected chi connectivity index (χ4v) is 3.19. The molecule has 0 aliphatic rings. The van der Waals surface area contributed by atoms with E-state index in [1.54, 1.807) is 23.5 Å². The van der Waals surface area contributed by atoms with Gasteiger partial charge in [-0.1, -0.05) is 43.2 Å². The minimum Gasteiger partial charge on any atom is -0.225 e. The van der Waals surface area contributed by atoms with Crippen molar-refractivity contribution >= 4 is 21.4 Å². The van der Waals surface area contributed by atoms with Gasteiger partial charge in [-0.2, -0.15) is 0 Å². The minimum atomic E-state index is -3.64. The van der Waals surface area contributed by atoms with Crippen LogP contribution < -0.4 is 5.14 Å². The molecule has 1 heterocycles. The van der Waals surface area contributed by atoms with Crippen LogP contribution in [0.3, 0.4) is 0 Å². The van der Waals surface area contributed by atoms with Crippen LogP contribution in [0, 0.1) is 0 Å². The molecule has 0 amide bonds. The van der Waals surface area contributed by atoms with Crippen LogP contribution in [0.1, 0.15) is 31.2 Å². The zero-order valence-electron chi connectivity index (χ0n) is 11.2. The van der Waals surface area contributed by atoms with Crippen molar-refractivity contribution in [2.24, 2.45) is 5.14 Å². The highest BCUT2D eigenvalue weighted by molar-refractivity contribution is 7.89. The molecule has 1 aromatic heterocycles. The molecule has 0 spiro atoms. The van der Waals surface area contributed by atoms with E-state index in [0.29, 0.717) is 0 Å². The zero-order valence-corrected chi connectivity index (χ0v) is 12.9. The summed E-state index contributed by atoms with van der Waals surface area (Å²) in [6.07, 6.45) is 4.44. The smallest absolute Gasteiger partial charge is 0.225 e.